The van der Waals surface area contributed by atoms with Crippen molar-refractivity contribution in [2.24, 2.45) is 5.92 Å². The fourth-order valence-electron chi connectivity index (χ4n) is 0.657. The van der Waals surface area contributed by atoms with Crippen LogP contribution in [-0.2, 0) is 19.1 Å². The molecule has 4 heteroatoms. The molecule has 0 unspecified atom stereocenters. The SMILES string of the molecule is CC(C)C(=O)OC1=CCOC1=O. The van der Waals surface area contributed by atoms with Crippen LogP contribution in [-0.4, -0.2) is 18.5 Å². The predicted molar refractivity (Wildman–Crippen MR) is 40.0 cm³/mol. The summed E-state index contributed by atoms with van der Waals surface area (Å²) in [5.41, 5.74) is 0. The molecular formula is C8H10O4. The van der Waals surface area contributed by atoms with Crippen molar-refractivity contribution in [2.75, 3.05) is 6.61 Å². The highest BCUT2D eigenvalue weighted by Crippen LogP contribution is 2.10. The monoisotopic (exact) mass is 170 g/mol. The summed E-state index contributed by atoms with van der Waals surface area (Å²) in [5.74, 6) is -1.21. The standard InChI is InChI=1S/C8H10O4/c1-5(2)7(9)12-6-3-4-11-8(6)10/h3,5H,4H2,1-2H3. The summed E-state index contributed by atoms with van der Waals surface area (Å²) in [6.07, 6.45) is 1.45. The minimum Gasteiger partial charge on any atom is -0.455 e. The second kappa shape index (κ2) is 3.38. The van der Waals surface area contributed by atoms with Crippen LogP contribution in [0.15, 0.2) is 11.8 Å². The van der Waals surface area contributed by atoms with Gasteiger partial charge in [-0.2, -0.15) is 0 Å². The first-order chi connectivity index (χ1) is 5.61. The molecule has 0 aromatic rings. The highest BCUT2D eigenvalue weighted by Gasteiger charge is 2.22. The zero-order chi connectivity index (χ0) is 9.14. The molecule has 66 valence electrons. The summed E-state index contributed by atoms with van der Waals surface area (Å²) >= 11 is 0. The smallest absolute Gasteiger partial charge is 0.374 e. The fourth-order valence-corrected chi connectivity index (χ4v) is 0.657. The van der Waals surface area contributed by atoms with Gasteiger partial charge in [-0.1, -0.05) is 13.8 Å². The summed E-state index contributed by atoms with van der Waals surface area (Å²) in [4.78, 5) is 21.7. The van der Waals surface area contributed by atoms with Crippen LogP contribution in [0.4, 0.5) is 0 Å². The van der Waals surface area contributed by atoms with Crippen molar-refractivity contribution in [1.82, 2.24) is 0 Å². The van der Waals surface area contributed by atoms with Crippen LogP contribution >= 0.6 is 0 Å². The van der Waals surface area contributed by atoms with Gasteiger partial charge in [0.15, 0.2) is 0 Å². The molecule has 0 saturated carbocycles. The maximum atomic E-state index is 11.0. The largest absolute Gasteiger partial charge is 0.455 e. The van der Waals surface area contributed by atoms with Gasteiger partial charge in [0, 0.05) is 6.08 Å². The zero-order valence-electron chi connectivity index (χ0n) is 6.99. The topological polar surface area (TPSA) is 52.6 Å². The summed E-state index contributed by atoms with van der Waals surface area (Å²) < 4.78 is 9.27. The third-order valence-corrected chi connectivity index (χ3v) is 1.37. The van der Waals surface area contributed by atoms with Gasteiger partial charge in [-0.15, -0.1) is 0 Å². The van der Waals surface area contributed by atoms with Gasteiger partial charge < -0.3 is 9.47 Å². The van der Waals surface area contributed by atoms with E-state index < -0.39 is 11.9 Å². The lowest BCUT2D eigenvalue weighted by Crippen LogP contribution is -2.14. The Morgan fingerprint density at radius 3 is 2.75 bits per heavy atom. The molecule has 1 rings (SSSR count). The Balaban J connectivity index is 2.52. The zero-order valence-corrected chi connectivity index (χ0v) is 6.99. The summed E-state index contributed by atoms with van der Waals surface area (Å²) in [5, 5.41) is 0. The lowest BCUT2D eigenvalue weighted by Gasteiger charge is -2.04. The number of ether oxygens (including phenoxy) is 2. The van der Waals surface area contributed by atoms with Gasteiger partial charge in [0.05, 0.1) is 5.92 Å². The molecule has 1 aliphatic heterocycles. The Morgan fingerprint density at radius 2 is 2.33 bits per heavy atom. The van der Waals surface area contributed by atoms with Crippen molar-refractivity contribution >= 4 is 11.9 Å². The van der Waals surface area contributed by atoms with Crippen molar-refractivity contribution in [2.45, 2.75) is 13.8 Å². The molecule has 4 nitrogen and oxygen atoms in total. The van der Waals surface area contributed by atoms with Crippen LogP contribution in [0.3, 0.4) is 0 Å². The molecule has 1 aliphatic rings. The van der Waals surface area contributed by atoms with E-state index in [0.717, 1.165) is 0 Å². The van der Waals surface area contributed by atoms with Crippen LogP contribution in [0, 0.1) is 5.92 Å². The Labute approximate surface area is 70.1 Å². The summed E-state index contributed by atoms with van der Waals surface area (Å²) in [6, 6.07) is 0. The molecule has 0 bridgehead atoms. The van der Waals surface area contributed by atoms with Crippen molar-refractivity contribution in [3.8, 4) is 0 Å². The average Bonchev–Trinajstić information content (AvgIpc) is 2.36. The molecule has 0 amide bonds. The third-order valence-electron chi connectivity index (χ3n) is 1.37. The summed E-state index contributed by atoms with van der Waals surface area (Å²) in [7, 11) is 0. The van der Waals surface area contributed by atoms with Gasteiger partial charge in [0.25, 0.3) is 0 Å². The van der Waals surface area contributed by atoms with Gasteiger partial charge in [-0.05, 0) is 0 Å². The highest BCUT2D eigenvalue weighted by atomic mass is 16.6. The minimum absolute atomic E-state index is 0.00806. The van der Waals surface area contributed by atoms with E-state index in [2.05, 4.69) is 4.74 Å². The van der Waals surface area contributed by atoms with Crippen LogP contribution in [0.2, 0.25) is 0 Å². The minimum atomic E-state index is -0.566. The molecule has 0 aromatic carbocycles. The lowest BCUT2D eigenvalue weighted by atomic mass is 10.2. The van der Waals surface area contributed by atoms with Gasteiger partial charge >= 0.3 is 11.9 Å². The Morgan fingerprint density at radius 1 is 1.67 bits per heavy atom. The molecule has 1 heterocycles. The number of cyclic esters (lactones) is 1. The van der Waals surface area contributed by atoms with E-state index in [1.807, 2.05) is 0 Å². The second-order valence-corrected chi connectivity index (χ2v) is 2.74. The van der Waals surface area contributed by atoms with Crippen molar-refractivity contribution < 1.29 is 19.1 Å². The number of hydrogen-bond acceptors (Lipinski definition) is 4. The normalized spacial score (nSPS) is 15.9. The third kappa shape index (κ3) is 1.84. The molecule has 0 atom stereocenters. The van der Waals surface area contributed by atoms with Crippen molar-refractivity contribution in [1.29, 1.82) is 0 Å². The Hall–Kier alpha value is -1.32. The maximum Gasteiger partial charge on any atom is 0.374 e. The van der Waals surface area contributed by atoms with Crippen molar-refractivity contribution in [3.63, 3.8) is 0 Å². The molecule has 0 saturated heterocycles. The number of hydrogen-bond donors (Lipinski definition) is 0. The Kier molecular flexibility index (Phi) is 2.47. The lowest BCUT2D eigenvalue weighted by molar-refractivity contribution is -0.150. The Bertz CT molecular complexity index is 239. The summed E-state index contributed by atoms with van der Waals surface area (Å²) in [6.45, 7) is 3.59. The van der Waals surface area contributed by atoms with Crippen LogP contribution in [0.1, 0.15) is 13.8 Å². The van der Waals surface area contributed by atoms with E-state index in [1.165, 1.54) is 6.08 Å². The van der Waals surface area contributed by atoms with Gasteiger partial charge in [-0.3, -0.25) is 4.79 Å². The van der Waals surface area contributed by atoms with E-state index in [4.69, 9.17) is 4.74 Å². The first kappa shape index (κ1) is 8.77. The van der Waals surface area contributed by atoms with Gasteiger partial charge in [0.1, 0.15) is 6.61 Å². The van der Waals surface area contributed by atoms with E-state index in [-0.39, 0.29) is 18.3 Å². The quantitative estimate of drug-likeness (QED) is 0.570. The molecule has 0 aromatic heterocycles. The van der Waals surface area contributed by atoms with Gasteiger partial charge in [0.2, 0.25) is 5.76 Å². The number of carbonyl (C=O) groups excluding carboxylic acids is 2. The molecule has 0 N–H and O–H groups in total. The molecule has 0 spiro atoms. The van der Waals surface area contributed by atoms with E-state index in [0.29, 0.717) is 0 Å². The van der Waals surface area contributed by atoms with Crippen LogP contribution < -0.4 is 0 Å². The predicted octanol–water partition coefficient (Wildman–Crippen LogP) is 0.626. The van der Waals surface area contributed by atoms with Crippen molar-refractivity contribution in [3.05, 3.63) is 11.8 Å². The fraction of sp³-hybridized carbons (Fsp3) is 0.500. The molecule has 12 heavy (non-hydrogen) atoms. The second-order valence-electron chi connectivity index (χ2n) is 2.74. The van der Waals surface area contributed by atoms with E-state index >= 15 is 0 Å². The first-order valence-corrected chi connectivity index (χ1v) is 3.70. The molecular weight excluding hydrogens is 160 g/mol. The molecule has 0 aliphatic carbocycles. The number of carbonyl (C=O) groups is 2. The van der Waals surface area contributed by atoms with E-state index in [1.54, 1.807) is 13.8 Å². The number of esters is 2. The highest BCUT2D eigenvalue weighted by molar-refractivity contribution is 5.91. The first-order valence-electron chi connectivity index (χ1n) is 3.70. The molecule has 0 radical (unpaired) electrons. The maximum absolute atomic E-state index is 11.0. The van der Waals surface area contributed by atoms with Crippen LogP contribution in [0.5, 0.6) is 0 Å². The molecule has 0 fully saturated rings. The number of rotatable bonds is 2. The average molecular weight is 170 g/mol. The van der Waals surface area contributed by atoms with Crippen LogP contribution in [0.25, 0.3) is 0 Å². The van der Waals surface area contributed by atoms with E-state index in [9.17, 15) is 9.59 Å². The van der Waals surface area contributed by atoms with Gasteiger partial charge in [-0.25, -0.2) is 4.79 Å².